The van der Waals surface area contributed by atoms with Crippen molar-refractivity contribution in [3.63, 3.8) is 0 Å². The first-order valence-electron chi connectivity index (χ1n) is 2.45. The second-order valence-corrected chi connectivity index (χ2v) is 2.35. The van der Waals surface area contributed by atoms with Gasteiger partial charge in [0.25, 0.3) is 0 Å². The van der Waals surface area contributed by atoms with Crippen molar-refractivity contribution in [1.29, 1.82) is 0 Å². The molecule has 0 radical (unpaired) electrons. The largest absolute Gasteiger partial charge is 0.362 e. The van der Waals surface area contributed by atoms with E-state index < -0.39 is 11.2 Å². The lowest BCUT2D eigenvalue weighted by molar-refractivity contribution is 0.591. The lowest BCUT2D eigenvalue weighted by Gasteiger charge is -1.99. The van der Waals surface area contributed by atoms with Crippen molar-refractivity contribution in [2.75, 3.05) is 5.88 Å². The van der Waals surface area contributed by atoms with E-state index in [1.807, 2.05) is 0 Å². The number of rotatable bonds is 2. The highest BCUT2D eigenvalue weighted by Gasteiger charge is 2.08. The van der Waals surface area contributed by atoms with E-state index >= 15 is 0 Å². The van der Waals surface area contributed by atoms with E-state index in [1.54, 1.807) is 0 Å². The summed E-state index contributed by atoms with van der Waals surface area (Å²) in [7, 11) is 0. The molecule has 0 aromatic carbocycles. The molecule has 0 spiro atoms. The van der Waals surface area contributed by atoms with E-state index in [2.05, 4.69) is 15.5 Å². The third kappa shape index (κ3) is 1.30. The number of aromatic nitrogens is 4. The molecule has 1 aromatic heterocycles. The number of alkyl halides is 2. The first kappa shape index (κ1) is 7.56. The van der Waals surface area contributed by atoms with Crippen molar-refractivity contribution in [2.45, 2.75) is 5.50 Å². The Morgan fingerprint density at radius 1 is 1.80 bits per heavy atom. The Kier molecular flexibility index (Phi) is 2.29. The molecule has 0 aliphatic carbocycles. The van der Waals surface area contributed by atoms with Crippen molar-refractivity contribution in [3.8, 4) is 0 Å². The SMILES string of the molecule is O=c1[nH]nnn1C(Cl)CCl. The van der Waals surface area contributed by atoms with Crippen molar-refractivity contribution >= 4 is 23.2 Å². The van der Waals surface area contributed by atoms with Gasteiger partial charge in [-0.1, -0.05) is 11.6 Å². The summed E-state index contributed by atoms with van der Waals surface area (Å²) < 4.78 is 0.967. The predicted molar refractivity (Wildman–Crippen MR) is 36.3 cm³/mol. The molecule has 1 unspecified atom stereocenters. The molecule has 0 aliphatic rings. The van der Waals surface area contributed by atoms with Gasteiger partial charge in [0.1, 0.15) is 5.50 Å². The van der Waals surface area contributed by atoms with Gasteiger partial charge in [-0.15, -0.1) is 11.6 Å². The monoisotopic (exact) mass is 182 g/mol. The van der Waals surface area contributed by atoms with Gasteiger partial charge in [-0.05, 0) is 10.4 Å². The second kappa shape index (κ2) is 3.03. The van der Waals surface area contributed by atoms with Crippen LogP contribution in [0.25, 0.3) is 0 Å². The fourth-order valence-corrected chi connectivity index (χ4v) is 0.712. The van der Waals surface area contributed by atoms with E-state index in [-0.39, 0.29) is 5.88 Å². The van der Waals surface area contributed by atoms with Crippen LogP contribution in [0.5, 0.6) is 0 Å². The second-order valence-electron chi connectivity index (χ2n) is 1.54. The van der Waals surface area contributed by atoms with Crippen LogP contribution in [0.3, 0.4) is 0 Å². The summed E-state index contributed by atoms with van der Waals surface area (Å²) in [5.74, 6) is 0.119. The first-order chi connectivity index (χ1) is 4.75. The molecule has 10 heavy (non-hydrogen) atoms. The lowest BCUT2D eigenvalue weighted by atomic mass is 10.7. The average molecular weight is 183 g/mol. The summed E-state index contributed by atoms with van der Waals surface area (Å²) in [6.07, 6.45) is 0. The number of nitrogens with one attached hydrogen (secondary N) is 1. The molecule has 0 saturated carbocycles. The zero-order valence-corrected chi connectivity index (χ0v) is 6.30. The highest BCUT2D eigenvalue weighted by molar-refractivity contribution is 6.26. The zero-order valence-electron chi connectivity index (χ0n) is 4.79. The third-order valence-corrected chi connectivity index (χ3v) is 1.68. The Bertz CT molecular complexity index is 255. The number of H-pyrrole nitrogens is 1. The van der Waals surface area contributed by atoms with Gasteiger partial charge in [-0.2, -0.15) is 4.68 Å². The van der Waals surface area contributed by atoms with Crippen molar-refractivity contribution in [2.24, 2.45) is 0 Å². The zero-order chi connectivity index (χ0) is 7.56. The molecule has 56 valence electrons. The first-order valence-corrected chi connectivity index (χ1v) is 3.42. The van der Waals surface area contributed by atoms with Gasteiger partial charge in [-0.3, -0.25) is 0 Å². The Balaban J connectivity index is 2.93. The lowest BCUT2D eigenvalue weighted by Crippen LogP contribution is -2.21. The predicted octanol–water partition coefficient (Wildman–Crippen LogP) is -0.0574. The molecule has 1 N–H and O–H groups in total. The molecule has 0 saturated heterocycles. The molecule has 1 rings (SSSR count). The Morgan fingerprint density at radius 2 is 2.50 bits per heavy atom. The number of halogens is 2. The number of nitrogens with zero attached hydrogens (tertiary/aromatic N) is 3. The molecule has 5 nitrogen and oxygen atoms in total. The maximum atomic E-state index is 10.7. The maximum absolute atomic E-state index is 10.7. The summed E-state index contributed by atoms with van der Waals surface area (Å²) in [5.41, 5.74) is -1.09. The van der Waals surface area contributed by atoms with E-state index in [9.17, 15) is 4.79 Å². The van der Waals surface area contributed by atoms with Crippen LogP contribution in [0.2, 0.25) is 0 Å². The molecule has 0 fully saturated rings. The minimum atomic E-state index is -0.632. The van der Waals surface area contributed by atoms with E-state index in [0.29, 0.717) is 0 Å². The van der Waals surface area contributed by atoms with Crippen LogP contribution in [-0.2, 0) is 0 Å². The van der Waals surface area contributed by atoms with Crippen molar-refractivity contribution in [3.05, 3.63) is 10.5 Å². The average Bonchev–Trinajstić information content (AvgIpc) is 2.34. The van der Waals surface area contributed by atoms with Gasteiger partial charge >= 0.3 is 5.69 Å². The van der Waals surface area contributed by atoms with E-state index in [1.165, 1.54) is 0 Å². The van der Waals surface area contributed by atoms with Crippen LogP contribution < -0.4 is 5.69 Å². The van der Waals surface area contributed by atoms with Gasteiger partial charge in [-0.25, -0.2) is 9.89 Å². The van der Waals surface area contributed by atoms with Gasteiger partial charge in [0.05, 0.1) is 5.88 Å². The molecule has 0 aliphatic heterocycles. The summed E-state index contributed by atoms with van der Waals surface area (Å²) in [6, 6.07) is 0. The van der Waals surface area contributed by atoms with Crippen LogP contribution in [0, 0.1) is 0 Å². The third-order valence-electron chi connectivity index (χ3n) is 0.888. The number of hydrogen-bond donors (Lipinski definition) is 1. The van der Waals surface area contributed by atoms with Gasteiger partial charge < -0.3 is 0 Å². The van der Waals surface area contributed by atoms with Crippen LogP contribution >= 0.6 is 23.2 Å². The minimum Gasteiger partial charge on any atom is -0.244 e. The highest BCUT2D eigenvalue weighted by atomic mass is 35.5. The normalized spacial score (nSPS) is 13.4. The number of aromatic amines is 1. The van der Waals surface area contributed by atoms with E-state index in [0.717, 1.165) is 4.68 Å². The van der Waals surface area contributed by atoms with Crippen LogP contribution in [0.1, 0.15) is 5.50 Å². The molecule has 1 atom stereocenters. The van der Waals surface area contributed by atoms with Crippen LogP contribution in [-0.4, -0.2) is 26.1 Å². The Labute approximate surface area is 65.9 Å². The smallest absolute Gasteiger partial charge is 0.244 e. The van der Waals surface area contributed by atoms with Gasteiger partial charge in [0.2, 0.25) is 0 Å². The highest BCUT2D eigenvalue weighted by Crippen LogP contribution is 2.07. The fourth-order valence-electron chi connectivity index (χ4n) is 0.454. The Morgan fingerprint density at radius 3 is 2.90 bits per heavy atom. The topological polar surface area (TPSA) is 63.6 Å². The quantitative estimate of drug-likeness (QED) is 0.653. The molecular weight excluding hydrogens is 179 g/mol. The van der Waals surface area contributed by atoms with Crippen molar-refractivity contribution < 1.29 is 0 Å². The van der Waals surface area contributed by atoms with Crippen LogP contribution in [0.4, 0.5) is 0 Å². The van der Waals surface area contributed by atoms with Gasteiger partial charge in [0, 0.05) is 0 Å². The maximum Gasteiger partial charge on any atom is 0.362 e. The molecule has 0 amide bonds. The summed E-state index contributed by atoms with van der Waals surface area (Å²) in [6.45, 7) is 0. The number of hydrogen-bond acceptors (Lipinski definition) is 3. The molecule has 7 heteroatoms. The summed E-state index contributed by atoms with van der Waals surface area (Å²) in [5, 5.41) is 8.68. The number of tetrazole rings is 1. The summed E-state index contributed by atoms with van der Waals surface area (Å²) >= 11 is 10.9. The minimum absolute atomic E-state index is 0.119. The molecule has 1 aromatic rings. The fraction of sp³-hybridized carbons (Fsp3) is 0.667. The van der Waals surface area contributed by atoms with Gasteiger partial charge in [0.15, 0.2) is 0 Å². The molecule has 0 bridgehead atoms. The summed E-state index contributed by atoms with van der Waals surface area (Å²) in [4.78, 5) is 10.7. The Hall–Kier alpha value is -0.550. The van der Waals surface area contributed by atoms with Crippen LogP contribution in [0.15, 0.2) is 4.79 Å². The molecular formula is C3H4Cl2N4O. The van der Waals surface area contributed by atoms with Crippen molar-refractivity contribution in [1.82, 2.24) is 20.2 Å². The molecule has 1 heterocycles. The van der Waals surface area contributed by atoms with E-state index in [4.69, 9.17) is 23.2 Å². The standard InChI is InChI=1S/C3H4Cl2N4O/c4-1-2(5)9-3(10)6-7-8-9/h2H,1H2,(H,6,8,10).